The van der Waals surface area contributed by atoms with Gasteiger partial charge < -0.3 is 17.7 Å². The fourth-order valence-corrected chi connectivity index (χ4v) is 1.02. The number of rotatable bonds is 5. The van der Waals surface area contributed by atoms with Crippen molar-refractivity contribution in [2.45, 2.75) is 0 Å². The van der Waals surface area contributed by atoms with Gasteiger partial charge in [-0.25, -0.2) is 0 Å². The molecule has 0 fully saturated rings. The summed E-state index contributed by atoms with van der Waals surface area (Å²) < 4.78 is 39.6. The molecule has 0 saturated heterocycles. The van der Waals surface area contributed by atoms with Crippen molar-refractivity contribution in [3.05, 3.63) is 42.0 Å². The molecule has 82 valence electrons. The third kappa shape index (κ3) is 5.96. The third-order valence-corrected chi connectivity index (χ3v) is 1.63. The minimum Gasteiger partial charge on any atom is -0.447 e. The Hall–Kier alpha value is -1.23. The van der Waals surface area contributed by atoms with Gasteiger partial charge in [-0.3, -0.25) is 0 Å². The van der Waals surface area contributed by atoms with Crippen molar-refractivity contribution in [2.24, 2.45) is 0 Å². The lowest BCUT2D eigenvalue weighted by molar-refractivity contribution is 0.178. The summed E-state index contributed by atoms with van der Waals surface area (Å²) in [7, 11) is 0. The number of hydrogen-bond donors (Lipinski definition) is 0. The maximum Gasteiger partial charge on any atom is 0.503 e. The average Bonchev–Trinajstić information content (AvgIpc) is 2.17. The van der Waals surface area contributed by atoms with E-state index in [9.17, 15) is 12.9 Å². The Balaban J connectivity index is 2.24. The van der Waals surface area contributed by atoms with Crippen LogP contribution in [-0.4, -0.2) is 20.1 Å². The molecule has 1 nitrogen and oxygen atoms in total. The predicted octanol–water partition coefficient (Wildman–Crippen LogP) is 3.10. The largest absolute Gasteiger partial charge is 0.503 e. The molecule has 5 heteroatoms. The van der Waals surface area contributed by atoms with Crippen molar-refractivity contribution in [3.63, 3.8) is 0 Å². The molecular weight excluding hydrogens is 204 g/mol. The molecule has 0 aliphatic carbocycles. The Morgan fingerprint density at radius 2 is 1.80 bits per heavy atom. The standard InChI is InChI=1S/C10H11BF3O/c12-11(13,14)9-15-8-4-7-10-5-2-1-3-6-10/h1-7H,8-9H2/q-1. The number of ether oxygens (including phenoxy) is 1. The van der Waals surface area contributed by atoms with E-state index in [1.54, 1.807) is 12.2 Å². The first-order valence-electron chi connectivity index (χ1n) is 4.58. The normalized spacial score (nSPS) is 12.2. The number of benzene rings is 1. The SMILES string of the molecule is F[B-](F)(F)COCC=Cc1ccccc1. The Kier molecular flexibility index (Phi) is 4.43. The highest BCUT2D eigenvalue weighted by Gasteiger charge is 2.22. The van der Waals surface area contributed by atoms with Gasteiger partial charge in [0.15, 0.2) is 0 Å². The quantitative estimate of drug-likeness (QED) is 0.541. The van der Waals surface area contributed by atoms with Crippen LogP contribution in [0.25, 0.3) is 6.08 Å². The fourth-order valence-electron chi connectivity index (χ4n) is 1.02. The van der Waals surface area contributed by atoms with E-state index in [4.69, 9.17) is 0 Å². The van der Waals surface area contributed by atoms with Crippen LogP contribution in [0.5, 0.6) is 0 Å². The summed E-state index contributed by atoms with van der Waals surface area (Å²) in [5.74, 6) is 0. The summed E-state index contributed by atoms with van der Waals surface area (Å²) in [6, 6.07) is 9.33. The molecule has 0 N–H and O–H groups in total. The van der Waals surface area contributed by atoms with E-state index in [2.05, 4.69) is 4.74 Å². The smallest absolute Gasteiger partial charge is 0.447 e. The molecule has 0 bridgehead atoms. The molecule has 0 saturated carbocycles. The van der Waals surface area contributed by atoms with Gasteiger partial charge in [-0.1, -0.05) is 42.5 Å². The van der Waals surface area contributed by atoms with E-state index in [1.807, 2.05) is 30.3 Å². The molecule has 0 aliphatic rings. The van der Waals surface area contributed by atoms with Crippen LogP contribution in [0.3, 0.4) is 0 Å². The second-order valence-electron chi connectivity index (χ2n) is 3.06. The molecular formula is C10H11BF3O-. The molecule has 0 radical (unpaired) electrons. The fraction of sp³-hybridized carbons (Fsp3) is 0.200. The lowest BCUT2D eigenvalue weighted by Crippen LogP contribution is -2.23. The summed E-state index contributed by atoms with van der Waals surface area (Å²) >= 11 is 0. The maximum absolute atomic E-state index is 11.7. The van der Waals surface area contributed by atoms with Crippen LogP contribution in [0, 0.1) is 0 Å². The molecule has 15 heavy (non-hydrogen) atoms. The van der Waals surface area contributed by atoms with Crippen LogP contribution in [0.4, 0.5) is 12.9 Å². The molecule has 0 aliphatic heterocycles. The van der Waals surface area contributed by atoms with E-state index < -0.39 is 13.5 Å². The van der Waals surface area contributed by atoms with E-state index in [0.29, 0.717) is 0 Å². The Morgan fingerprint density at radius 3 is 2.40 bits per heavy atom. The molecule has 1 aromatic rings. The maximum atomic E-state index is 11.7. The second-order valence-corrected chi connectivity index (χ2v) is 3.06. The summed E-state index contributed by atoms with van der Waals surface area (Å²) in [5.41, 5.74) is 0.943. The molecule has 0 aromatic heterocycles. The van der Waals surface area contributed by atoms with Gasteiger partial charge in [-0.15, -0.1) is 0 Å². The lowest BCUT2D eigenvalue weighted by Gasteiger charge is -2.12. The van der Waals surface area contributed by atoms with E-state index in [-0.39, 0.29) is 6.61 Å². The first-order chi connectivity index (χ1) is 7.08. The van der Waals surface area contributed by atoms with Crippen molar-refractivity contribution in [3.8, 4) is 0 Å². The van der Waals surface area contributed by atoms with Crippen LogP contribution < -0.4 is 0 Å². The first kappa shape index (κ1) is 11.8. The van der Waals surface area contributed by atoms with Crippen molar-refractivity contribution in [1.29, 1.82) is 0 Å². The topological polar surface area (TPSA) is 9.23 Å². The minimum absolute atomic E-state index is 0.0177. The van der Waals surface area contributed by atoms with E-state index >= 15 is 0 Å². The number of hydrogen-bond acceptors (Lipinski definition) is 1. The van der Waals surface area contributed by atoms with Crippen LogP contribution in [0.1, 0.15) is 5.56 Å². The monoisotopic (exact) mass is 215 g/mol. The minimum atomic E-state index is -4.83. The Labute approximate surface area is 86.6 Å². The third-order valence-electron chi connectivity index (χ3n) is 1.63. The molecule has 0 unspecified atom stereocenters. The highest BCUT2D eigenvalue weighted by atomic mass is 19.4. The summed E-state index contributed by atoms with van der Waals surface area (Å²) in [5, 5.41) is 0. The second kappa shape index (κ2) is 5.61. The van der Waals surface area contributed by atoms with Crippen LogP contribution in [0.2, 0.25) is 0 Å². The number of halogens is 3. The van der Waals surface area contributed by atoms with Gasteiger partial charge >= 0.3 is 6.98 Å². The van der Waals surface area contributed by atoms with Crippen molar-refractivity contribution >= 4 is 13.1 Å². The van der Waals surface area contributed by atoms with Gasteiger partial charge in [0, 0.05) is 6.51 Å². The molecule has 0 heterocycles. The molecule has 1 rings (SSSR count). The van der Waals surface area contributed by atoms with Crippen molar-refractivity contribution in [2.75, 3.05) is 13.1 Å². The molecule has 1 aromatic carbocycles. The first-order valence-corrected chi connectivity index (χ1v) is 4.58. The zero-order chi connectivity index (χ0) is 11.1. The molecule has 0 spiro atoms. The Morgan fingerprint density at radius 1 is 1.13 bits per heavy atom. The van der Waals surface area contributed by atoms with Crippen molar-refractivity contribution in [1.82, 2.24) is 0 Å². The van der Waals surface area contributed by atoms with Gasteiger partial charge in [0.05, 0.1) is 6.61 Å². The summed E-state index contributed by atoms with van der Waals surface area (Å²) in [4.78, 5) is 0. The summed E-state index contributed by atoms with van der Waals surface area (Å²) in [6.45, 7) is -5.99. The highest BCUT2D eigenvalue weighted by molar-refractivity contribution is 6.58. The predicted molar refractivity (Wildman–Crippen MR) is 55.4 cm³/mol. The Bertz CT molecular complexity index is 308. The van der Waals surface area contributed by atoms with Gasteiger partial charge in [0.1, 0.15) is 0 Å². The average molecular weight is 215 g/mol. The van der Waals surface area contributed by atoms with E-state index in [1.165, 1.54) is 0 Å². The van der Waals surface area contributed by atoms with Gasteiger partial charge in [-0.2, -0.15) is 0 Å². The van der Waals surface area contributed by atoms with Gasteiger partial charge in [0.25, 0.3) is 0 Å². The van der Waals surface area contributed by atoms with Crippen LogP contribution in [0.15, 0.2) is 36.4 Å². The molecule has 0 atom stereocenters. The lowest BCUT2D eigenvalue weighted by atomic mass is 9.95. The molecule has 0 amide bonds. The van der Waals surface area contributed by atoms with Crippen LogP contribution in [-0.2, 0) is 4.74 Å². The highest BCUT2D eigenvalue weighted by Crippen LogP contribution is 2.08. The van der Waals surface area contributed by atoms with Gasteiger partial charge in [-0.05, 0) is 5.56 Å². The summed E-state index contributed by atoms with van der Waals surface area (Å²) in [6.07, 6.45) is 3.29. The zero-order valence-electron chi connectivity index (χ0n) is 8.08. The van der Waals surface area contributed by atoms with Crippen molar-refractivity contribution < 1.29 is 17.7 Å². The zero-order valence-corrected chi connectivity index (χ0v) is 8.08. The van der Waals surface area contributed by atoms with Gasteiger partial charge in [0.2, 0.25) is 0 Å². The van der Waals surface area contributed by atoms with E-state index in [0.717, 1.165) is 5.56 Å². The van der Waals surface area contributed by atoms with Crippen LogP contribution >= 0.6 is 0 Å².